The molecule has 3 rings (SSSR count). The molecule has 1 amide bonds. The normalized spacial score (nSPS) is 12.5. The SMILES string of the molecule is CCCc1nc2scc(-c3ccc(C)cc3C)c2c(=O)n1C(C)C(N)=O. The van der Waals surface area contributed by atoms with E-state index in [0.717, 1.165) is 23.1 Å². The van der Waals surface area contributed by atoms with Crippen LogP contribution >= 0.6 is 11.3 Å². The lowest BCUT2D eigenvalue weighted by atomic mass is 9.99. The minimum Gasteiger partial charge on any atom is -0.368 e. The summed E-state index contributed by atoms with van der Waals surface area (Å²) in [4.78, 5) is 30.5. The Hall–Kier alpha value is -2.47. The molecule has 0 saturated heterocycles. The molecule has 3 aromatic rings. The van der Waals surface area contributed by atoms with E-state index in [1.807, 2.05) is 38.3 Å². The van der Waals surface area contributed by atoms with Gasteiger partial charge in [-0.2, -0.15) is 0 Å². The molecule has 2 N–H and O–H groups in total. The van der Waals surface area contributed by atoms with Crippen LogP contribution in [0.1, 0.15) is 43.3 Å². The minimum atomic E-state index is -0.729. The molecule has 5 nitrogen and oxygen atoms in total. The van der Waals surface area contributed by atoms with Crippen molar-refractivity contribution < 1.29 is 4.79 Å². The summed E-state index contributed by atoms with van der Waals surface area (Å²) in [6.45, 7) is 7.75. The van der Waals surface area contributed by atoms with Crippen LogP contribution in [0.3, 0.4) is 0 Å². The molecule has 6 heteroatoms. The molecular weight excluding hydrogens is 346 g/mol. The number of hydrogen-bond acceptors (Lipinski definition) is 4. The number of amides is 1. The Morgan fingerprint density at radius 1 is 1.31 bits per heavy atom. The molecule has 0 saturated carbocycles. The lowest BCUT2D eigenvalue weighted by molar-refractivity contribution is -0.120. The summed E-state index contributed by atoms with van der Waals surface area (Å²) in [6, 6.07) is 5.44. The molecule has 0 aliphatic rings. The summed E-state index contributed by atoms with van der Waals surface area (Å²) in [5.74, 6) is 0.0826. The first-order valence-electron chi connectivity index (χ1n) is 8.74. The number of carbonyl (C=O) groups excluding carboxylic acids is 1. The molecule has 1 atom stereocenters. The first kappa shape index (κ1) is 18.3. The van der Waals surface area contributed by atoms with Crippen molar-refractivity contribution in [3.8, 4) is 11.1 Å². The van der Waals surface area contributed by atoms with E-state index in [1.54, 1.807) is 6.92 Å². The Morgan fingerprint density at radius 2 is 2.04 bits per heavy atom. The largest absolute Gasteiger partial charge is 0.368 e. The monoisotopic (exact) mass is 369 g/mol. The van der Waals surface area contributed by atoms with Gasteiger partial charge >= 0.3 is 0 Å². The highest BCUT2D eigenvalue weighted by molar-refractivity contribution is 7.17. The van der Waals surface area contributed by atoms with Crippen molar-refractivity contribution in [2.75, 3.05) is 0 Å². The van der Waals surface area contributed by atoms with Gasteiger partial charge in [-0.1, -0.05) is 30.7 Å². The maximum Gasteiger partial charge on any atom is 0.263 e. The van der Waals surface area contributed by atoms with Crippen LogP contribution in [-0.2, 0) is 11.2 Å². The van der Waals surface area contributed by atoms with Crippen LogP contribution in [0, 0.1) is 13.8 Å². The lowest BCUT2D eigenvalue weighted by Gasteiger charge is -2.17. The zero-order chi connectivity index (χ0) is 19.0. The number of benzene rings is 1. The Balaban J connectivity index is 2.34. The van der Waals surface area contributed by atoms with Crippen LogP contribution in [0.15, 0.2) is 28.4 Å². The molecule has 2 heterocycles. The van der Waals surface area contributed by atoms with Crippen LogP contribution in [0.2, 0.25) is 0 Å². The molecule has 0 aliphatic heterocycles. The number of primary amides is 1. The Labute approximate surface area is 156 Å². The minimum absolute atomic E-state index is 0.194. The average molecular weight is 369 g/mol. The van der Waals surface area contributed by atoms with Gasteiger partial charge in [0.15, 0.2) is 0 Å². The van der Waals surface area contributed by atoms with Crippen LogP contribution in [0.25, 0.3) is 21.3 Å². The molecule has 0 radical (unpaired) electrons. The summed E-state index contributed by atoms with van der Waals surface area (Å²) in [5, 5.41) is 2.54. The second-order valence-corrected chi connectivity index (χ2v) is 7.54. The highest BCUT2D eigenvalue weighted by Crippen LogP contribution is 2.33. The highest BCUT2D eigenvalue weighted by Gasteiger charge is 2.22. The maximum atomic E-state index is 13.3. The van der Waals surface area contributed by atoms with Gasteiger partial charge in [0.1, 0.15) is 16.7 Å². The topological polar surface area (TPSA) is 78.0 Å². The number of carbonyl (C=O) groups is 1. The van der Waals surface area contributed by atoms with Crippen LogP contribution in [-0.4, -0.2) is 15.5 Å². The third kappa shape index (κ3) is 3.05. The van der Waals surface area contributed by atoms with Crippen LogP contribution < -0.4 is 11.3 Å². The molecule has 0 bridgehead atoms. The zero-order valence-electron chi connectivity index (χ0n) is 15.5. The van der Waals surface area contributed by atoms with Crippen molar-refractivity contribution in [1.82, 2.24) is 9.55 Å². The van der Waals surface area contributed by atoms with E-state index < -0.39 is 11.9 Å². The predicted molar refractivity (Wildman–Crippen MR) is 107 cm³/mol. The fraction of sp³-hybridized carbons (Fsp3) is 0.350. The first-order chi connectivity index (χ1) is 12.3. The Kier molecular flexibility index (Phi) is 4.96. The Bertz CT molecular complexity index is 1050. The standard InChI is InChI=1S/C20H23N3O2S/c1-5-6-16-22-19-17(20(25)23(16)13(4)18(21)24)15(10-26-19)14-8-7-11(2)9-12(14)3/h7-10,13H,5-6H2,1-4H3,(H2,21,24). The number of aromatic nitrogens is 2. The van der Waals surface area contributed by atoms with E-state index in [2.05, 4.69) is 6.07 Å². The molecular formula is C20H23N3O2S. The smallest absolute Gasteiger partial charge is 0.263 e. The Morgan fingerprint density at radius 3 is 2.65 bits per heavy atom. The van der Waals surface area contributed by atoms with E-state index >= 15 is 0 Å². The number of hydrogen-bond donors (Lipinski definition) is 1. The number of aryl methyl sites for hydroxylation is 3. The van der Waals surface area contributed by atoms with Gasteiger partial charge in [0.05, 0.1) is 5.39 Å². The van der Waals surface area contributed by atoms with Gasteiger partial charge < -0.3 is 5.73 Å². The van der Waals surface area contributed by atoms with E-state index in [9.17, 15) is 9.59 Å². The molecule has 0 spiro atoms. The van der Waals surface area contributed by atoms with Crippen molar-refractivity contribution in [2.45, 2.75) is 46.6 Å². The van der Waals surface area contributed by atoms with Crippen LogP contribution in [0.5, 0.6) is 0 Å². The molecule has 0 fully saturated rings. The van der Waals surface area contributed by atoms with Gasteiger partial charge in [0.2, 0.25) is 5.91 Å². The third-order valence-electron chi connectivity index (χ3n) is 4.66. The quantitative estimate of drug-likeness (QED) is 0.744. The first-order valence-corrected chi connectivity index (χ1v) is 9.62. The van der Waals surface area contributed by atoms with Crippen LogP contribution in [0.4, 0.5) is 0 Å². The number of rotatable bonds is 5. The second-order valence-electron chi connectivity index (χ2n) is 6.68. The predicted octanol–water partition coefficient (Wildman–Crippen LogP) is 3.74. The number of fused-ring (bicyclic) bond motifs is 1. The number of nitrogens with two attached hydrogens (primary N) is 1. The third-order valence-corrected chi connectivity index (χ3v) is 5.53. The summed E-state index contributed by atoms with van der Waals surface area (Å²) in [7, 11) is 0. The van der Waals surface area contributed by atoms with Crippen molar-refractivity contribution in [3.63, 3.8) is 0 Å². The number of nitrogens with zero attached hydrogens (tertiary/aromatic N) is 2. The molecule has 0 aliphatic carbocycles. The van der Waals surface area contributed by atoms with Gasteiger partial charge in [-0.3, -0.25) is 14.2 Å². The van der Waals surface area contributed by atoms with E-state index in [0.29, 0.717) is 22.5 Å². The van der Waals surface area contributed by atoms with Gasteiger partial charge in [-0.05, 0) is 38.3 Å². The maximum absolute atomic E-state index is 13.3. The zero-order valence-corrected chi connectivity index (χ0v) is 16.3. The van der Waals surface area contributed by atoms with Crippen molar-refractivity contribution in [1.29, 1.82) is 0 Å². The fourth-order valence-electron chi connectivity index (χ4n) is 3.29. The molecule has 136 valence electrons. The van der Waals surface area contributed by atoms with E-state index in [4.69, 9.17) is 10.7 Å². The van der Waals surface area contributed by atoms with Crippen molar-refractivity contribution in [3.05, 3.63) is 50.9 Å². The second kappa shape index (κ2) is 7.03. The highest BCUT2D eigenvalue weighted by atomic mass is 32.1. The van der Waals surface area contributed by atoms with Crippen molar-refractivity contribution >= 4 is 27.5 Å². The van der Waals surface area contributed by atoms with E-state index in [-0.39, 0.29) is 5.56 Å². The molecule has 1 aromatic carbocycles. The van der Waals surface area contributed by atoms with Gasteiger partial charge in [0, 0.05) is 17.4 Å². The molecule has 2 aromatic heterocycles. The average Bonchev–Trinajstić information content (AvgIpc) is 2.99. The summed E-state index contributed by atoms with van der Waals surface area (Å²) in [5.41, 5.74) is 9.46. The summed E-state index contributed by atoms with van der Waals surface area (Å²) in [6.07, 6.45) is 1.46. The summed E-state index contributed by atoms with van der Waals surface area (Å²) >= 11 is 1.46. The van der Waals surface area contributed by atoms with Gasteiger partial charge in [-0.15, -0.1) is 11.3 Å². The summed E-state index contributed by atoms with van der Waals surface area (Å²) < 4.78 is 1.47. The fourth-order valence-corrected chi connectivity index (χ4v) is 4.23. The lowest BCUT2D eigenvalue weighted by Crippen LogP contribution is -2.35. The van der Waals surface area contributed by atoms with Gasteiger partial charge in [-0.25, -0.2) is 4.98 Å². The number of thiophene rings is 1. The molecule has 26 heavy (non-hydrogen) atoms. The van der Waals surface area contributed by atoms with Crippen molar-refractivity contribution in [2.24, 2.45) is 5.73 Å². The molecule has 1 unspecified atom stereocenters. The van der Waals surface area contributed by atoms with E-state index in [1.165, 1.54) is 21.5 Å². The van der Waals surface area contributed by atoms with Gasteiger partial charge in [0.25, 0.3) is 5.56 Å².